The summed E-state index contributed by atoms with van der Waals surface area (Å²) in [4.78, 5) is 36.2. The van der Waals surface area contributed by atoms with E-state index < -0.39 is 10.2 Å². The van der Waals surface area contributed by atoms with Crippen LogP contribution in [0.2, 0.25) is 5.02 Å². The summed E-state index contributed by atoms with van der Waals surface area (Å²) in [6.07, 6.45) is 0. The molecule has 1 unspecified atom stereocenters. The predicted octanol–water partition coefficient (Wildman–Crippen LogP) is 5.93. The van der Waals surface area contributed by atoms with Crippen molar-refractivity contribution in [3.8, 4) is 0 Å². The third-order valence-electron chi connectivity index (χ3n) is 4.54. The fraction of sp³-hybridized carbons (Fsp3) is 0.130. The minimum absolute atomic E-state index is 0.0282. The zero-order chi connectivity index (χ0) is 23.3. The van der Waals surface area contributed by atoms with E-state index in [1.54, 1.807) is 56.3 Å². The number of carbonyl (C=O) groups is 2. The van der Waals surface area contributed by atoms with Crippen molar-refractivity contribution in [1.29, 1.82) is 0 Å². The summed E-state index contributed by atoms with van der Waals surface area (Å²) >= 11 is 7.27. The minimum Gasteiger partial charge on any atom is -0.325 e. The van der Waals surface area contributed by atoms with E-state index in [9.17, 15) is 19.7 Å². The molecule has 3 rings (SSSR count). The average molecular weight is 470 g/mol. The van der Waals surface area contributed by atoms with Crippen LogP contribution in [0.25, 0.3) is 0 Å². The van der Waals surface area contributed by atoms with Gasteiger partial charge in [0.1, 0.15) is 0 Å². The third-order valence-corrected chi connectivity index (χ3v) is 5.87. The Morgan fingerprint density at radius 2 is 1.78 bits per heavy atom. The first-order chi connectivity index (χ1) is 15.2. The molecule has 0 aliphatic carbocycles. The highest BCUT2D eigenvalue weighted by Gasteiger charge is 2.17. The number of non-ortho nitro benzene ring substituents is 1. The monoisotopic (exact) mass is 469 g/mol. The molecular weight excluding hydrogens is 450 g/mol. The molecule has 9 heteroatoms. The molecule has 164 valence electrons. The van der Waals surface area contributed by atoms with Crippen molar-refractivity contribution < 1.29 is 14.5 Å². The number of hydrogen-bond acceptors (Lipinski definition) is 5. The maximum Gasteiger partial charge on any atom is 0.269 e. The van der Waals surface area contributed by atoms with Gasteiger partial charge in [0.15, 0.2) is 0 Å². The van der Waals surface area contributed by atoms with Gasteiger partial charge in [-0.1, -0.05) is 23.7 Å². The van der Waals surface area contributed by atoms with Gasteiger partial charge in [-0.05, 0) is 61.9 Å². The summed E-state index contributed by atoms with van der Waals surface area (Å²) in [6, 6.07) is 18.1. The standard InChI is InChI=1S/C23H20ClN3O4S/c1-14-11-19(27(30)31)9-10-21(14)26-22(28)15(2)32-20-8-4-7-18(13-20)25-23(29)16-5-3-6-17(24)12-16/h3-13,15H,1-2H3,(H,25,29)(H,26,28). The quantitative estimate of drug-likeness (QED) is 0.254. The first kappa shape index (κ1) is 23.3. The van der Waals surface area contributed by atoms with E-state index >= 15 is 0 Å². The highest BCUT2D eigenvalue weighted by Crippen LogP contribution is 2.28. The topological polar surface area (TPSA) is 101 Å². The molecule has 0 aliphatic rings. The Morgan fingerprint density at radius 1 is 1.03 bits per heavy atom. The maximum atomic E-state index is 12.6. The molecule has 0 aromatic heterocycles. The van der Waals surface area contributed by atoms with E-state index in [2.05, 4.69) is 10.6 Å². The van der Waals surface area contributed by atoms with Crippen molar-refractivity contribution in [2.75, 3.05) is 10.6 Å². The van der Waals surface area contributed by atoms with Crippen LogP contribution in [0.3, 0.4) is 0 Å². The molecular formula is C23H20ClN3O4S. The van der Waals surface area contributed by atoms with Crippen LogP contribution >= 0.6 is 23.4 Å². The van der Waals surface area contributed by atoms with Crippen LogP contribution in [-0.4, -0.2) is 22.0 Å². The molecule has 32 heavy (non-hydrogen) atoms. The summed E-state index contributed by atoms with van der Waals surface area (Å²) in [5, 5.41) is 16.5. The van der Waals surface area contributed by atoms with Gasteiger partial charge in [-0.3, -0.25) is 19.7 Å². The summed E-state index contributed by atoms with van der Waals surface area (Å²) in [7, 11) is 0. The number of halogens is 1. The molecule has 0 saturated carbocycles. The van der Waals surface area contributed by atoms with E-state index in [-0.39, 0.29) is 17.5 Å². The van der Waals surface area contributed by atoms with Gasteiger partial charge >= 0.3 is 0 Å². The lowest BCUT2D eigenvalue weighted by atomic mass is 10.2. The Hall–Kier alpha value is -3.36. The second-order valence-electron chi connectivity index (χ2n) is 7.00. The number of nitro benzene ring substituents is 1. The number of carbonyl (C=O) groups excluding carboxylic acids is 2. The number of aryl methyl sites for hydroxylation is 1. The lowest BCUT2D eigenvalue weighted by molar-refractivity contribution is -0.384. The molecule has 0 bridgehead atoms. The van der Waals surface area contributed by atoms with E-state index in [4.69, 9.17) is 11.6 Å². The van der Waals surface area contributed by atoms with Crippen molar-refractivity contribution in [3.05, 3.63) is 93.0 Å². The fourth-order valence-electron chi connectivity index (χ4n) is 2.87. The molecule has 0 radical (unpaired) electrons. The SMILES string of the molecule is Cc1cc([N+](=O)[O-])ccc1NC(=O)C(C)Sc1cccc(NC(=O)c2cccc(Cl)c2)c1. The minimum atomic E-state index is -0.477. The van der Waals surface area contributed by atoms with Crippen molar-refractivity contribution >= 4 is 52.2 Å². The third kappa shape index (κ3) is 6.09. The number of nitro groups is 1. The Morgan fingerprint density at radius 3 is 2.47 bits per heavy atom. The highest BCUT2D eigenvalue weighted by atomic mass is 35.5. The maximum absolute atomic E-state index is 12.6. The van der Waals surface area contributed by atoms with Crippen LogP contribution in [0.5, 0.6) is 0 Å². The Labute approximate surface area is 194 Å². The van der Waals surface area contributed by atoms with Gasteiger partial charge in [0.2, 0.25) is 5.91 Å². The van der Waals surface area contributed by atoms with Crippen molar-refractivity contribution in [3.63, 3.8) is 0 Å². The number of benzene rings is 3. The number of thioether (sulfide) groups is 1. The summed E-state index contributed by atoms with van der Waals surface area (Å²) in [5.74, 6) is -0.519. The molecule has 0 spiro atoms. The van der Waals surface area contributed by atoms with Gasteiger partial charge in [0.25, 0.3) is 11.6 Å². The second kappa shape index (κ2) is 10.3. The first-order valence-corrected chi connectivity index (χ1v) is 10.9. The predicted molar refractivity (Wildman–Crippen MR) is 128 cm³/mol. The second-order valence-corrected chi connectivity index (χ2v) is 8.85. The molecule has 7 nitrogen and oxygen atoms in total. The highest BCUT2D eigenvalue weighted by molar-refractivity contribution is 8.00. The molecule has 3 aromatic carbocycles. The smallest absolute Gasteiger partial charge is 0.269 e. The first-order valence-electron chi connectivity index (χ1n) is 9.62. The molecule has 0 saturated heterocycles. The number of nitrogens with one attached hydrogen (secondary N) is 2. The van der Waals surface area contributed by atoms with Crippen LogP contribution in [0, 0.1) is 17.0 Å². The van der Waals surface area contributed by atoms with Gasteiger partial charge in [-0.15, -0.1) is 11.8 Å². The Balaban J connectivity index is 1.64. The van der Waals surface area contributed by atoms with Gasteiger partial charge in [0.05, 0.1) is 10.2 Å². The van der Waals surface area contributed by atoms with Crippen molar-refractivity contribution in [2.24, 2.45) is 0 Å². The van der Waals surface area contributed by atoms with Crippen molar-refractivity contribution in [2.45, 2.75) is 24.0 Å². The number of nitrogens with zero attached hydrogens (tertiary/aromatic N) is 1. The van der Waals surface area contributed by atoms with Crippen molar-refractivity contribution in [1.82, 2.24) is 0 Å². The van der Waals surface area contributed by atoms with E-state index in [0.717, 1.165) is 4.90 Å². The van der Waals surface area contributed by atoms with E-state index in [1.807, 2.05) is 6.07 Å². The number of hydrogen-bond donors (Lipinski definition) is 2. The van der Waals surface area contributed by atoms with Crippen LogP contribution in [0.15, 0.2) is 71.6 Å². The summed E-state index contributed by atoms with van der Waals surface area (Å²) in [5.41, 5.74) is 2.14. The van der Waals surface area contributed by atoms with E-state index in [0.29, 0.717) is 27.5 Å². The Kier molecular flexibility index (Phi) is 7.50. The Bertz CT molecular complexity index is 1190. The molecule has 1 atom stereocenters. The summed E-state index contributed by atoms with van der Waals surface area (Å²) < 4.78 is 0. The van der Waals surface area contributed by atoms with Gasteiger partial charge in [-0.2, -0.15) is 0 Å². The normalized spacial score (nSPS) is 11.5. The van der Waals surface area contributed by atoms with Gasteiger partial charge in [-0.25, -0.2) is 0 Å². The van der Waals surface area contributed by atoms with Crippen LogP contribution < -0.4 is 10.6 Å². The van der Waals surface area contributed by atoms with Crippen LogP contribution in [-0.2, 0) is 4.79 Å². The van der Waals surface area contributed by atoms with Gasteiger partial charge in [0, 0.05) is 39.0 Å². The molecule has 2 amide bonds. The lowest BCUT2D eigenvalue weighted by Gasteiger charge is -2.14. The summed E-state index contributed by atoms with van der Waals surface area (Å²) in [6.45, 7) is 3.46. The number of rotatable bonds is 7. The number of amides is 2. The molecule has 0 aliphatic heterocycles. The zero-order valence-electron chi connectivity index (χ0n) is 17.3. The molecule has 0 heterocycles. The zero-order valence-corrected chi connectivity index (χ0v) is 18.9. The van der Waals surface area contributed by atoms with Crippen LogP contribution in [0.4, 0.5) is 17.1 Å². The van der Waals surface area contributed by atoms with Gasteiger partial charge < -0.3 is 10.6 Å². The van der Waals surface area contributed by atoms with Crippen LogP contribution in [0.1, 0.15) is 22.8 Å². The number of anilines is 2. The molecule has 2 N–H and O–H groups in total. The molecule has 0 fully saturated rings. The largest absolute Gasteiger partial charge is 0.325 e. The molecule has 3 aromatic rings. The average Bonchev–Trinajstić information content (AvgIpc) is 2.75. The lowest BCUT2D eigenvalue weighted by Crippen LogP contribution is -2.22. The van der Waals surface area contributed by atoms with E-state index in [1.165, 1.54) is 30.0 Å². The fourth-order valence-corrected chi connectivity index (χ4v) is 3.99.